The molecule has 0 aliphatic carbocycles. The Balaban J connectivity index is 1.49. The van der Waals surface area contributed by atoms with Crippen molar-refractivity contribution in [3.05, 3.63) is 71.4 Å². The van der Waals surface area contributed by atoms with Crippen molar-refractivity contribution in [3.63, 3.8) is 0 Å². The molecule has 6 heteroatoms. The maximum absolute atomic E-state index is 11.5. The van der Waals surface area contributed by atoms with E-state index in [0.29, 0.717) is 12.4 Å². The van der Waals surface area contributed by atoms with Crippen molar-refractivity contribution in [3.8, 4) is 0 Å². The minimum atomic E-state index is 0.0742. The van der Waals surface area contributed by atoms with Crippen LogP contribution in [-0.2, 0) is 17.0 Å². The Bertz CT molecular complexity index is 975. The SMILES string of the molecule is Cc1cnc(Nc2ccc3c(c2)CCC(=O)N3)nc1SCc1ccccc1. The third kappa shape index (κ3) is 4.28. The quantitative estimate of drug-likeness (QED) is 0.499. The number of nitrogens with zero attached hydrogens (tertiary/aromatic N) is 2. The lowest BCUT2D eigenvalue weighted by Gasteiger charge is -2.18. The fourth-order valence-electron chi connectivity index (χ4n) is 2.95. The Labute approximate surface area is 162 Å². The molecule has 1 amide bonds. The average Bonchev–Trinajstić information content (AvgIpc) is 2.69. The van der Waals surface area contributed by atoms with Gasteiger partial charge in [-0.05, 0) is 48.2 Å². The molecular formula is C21H20N4OS. The second kappa shape index (κ2) is 7.80. The molecule has 1 aromatic heterocycles. The fraction of sp³-hybridized carbons (Fsp3) is 0.190. The van der Waals surface area contributed by atoms with Crippen LogP contribution in [-0.4, -0.2) is 15.9 Å². The summed E-state index contributed by atoms with van der Waals surface area (Å²) in [6.45, 7) is 2.03. The molecule has 0 bridgehead atoms. The lowest BCUT2D eigenvalue weighted by Crippen LogP contribution is -2.18. The number of benzene rings is 2. The molecule has 5 nitrogen and oxygen atoms in total. The number of thioether (sulfide) groups is 1. The zero-order chi connectivity index (χ0) is 18.6. The molecule has 0 atom stereocenters. The summed E-state index contributed by atoms with van der Waals surface area (Å²) in [6.07, 6.45) is 3.13. The minimum Gasteiger partial charge on any atom is -0.326 e. The van der Waals surface area contributed by atoms with E-state index in [1.54, 1.807) is 11.8 Å². The summed E-state index contributed by atoms with van der Waals surface area (Å²) < 4.78 is 0. The van der Waals surface area contributed by atoms with Gasteiger partial charge in [0, 0.05) is 29.7 Å². The van der Waals surface area contributed by atoms with E-state index in [1.165, 1.54) is 5.56 Å². The van der Waals surface area contributed by atoms with Gasteiger partial charge in [-0.15, -0.1) is 11.8 Å². The van der Waals surface area contributed by atoms with E-state index in [9.17, 15) is 4.79 Å². The van der Waals surface area contributed by atoms with Crippen LogP contribution in [0.25, 0.3) is 0 Å². The molecule has 1 aliphatic rings. The van der Waals surface area contributed by atoms with Gasteiger partial charge < -0.3 is 10.6 Å². The zero-order valence-corrected chi connectivity index (χ0v) is 15.8. The Kier molecular flexibility index (Phi) is 5.07. The Morgan fingerprint density at radius 2 is 2.00 bits per heavy atom. The molecular weight excluding hydrogens is 356 g/mol. The third-order valence-electron chi connectivity index (χ3n) is 4.40. The topological polar surface area (TPSA) is 66.9 Å². The molecule has 2 aromatic carbocycles. The van der Waals surface area contributed by atoms with Crippen LogP contribution in [0.15, 0.2) is 59.8 Å². The lowest BCUT2D eigenvalue weighted by molar-refractivity contribution is -0.116. The predicted molar refractivity (Wildman–Crippen MR) is 109 cm³/mol. The van der Waals surface area contributed by atoms with Gasteiger partial charge >= 0.3 is 0 Å². The first kappa shape index (κ1) is 17.5. The first-order chi connectivity index (χ1) is 13.2. The van der Waals surface area contributed by atoms with Gasteiger partial charge in [0.1, 0.15) is 5.03 Å². The van der Waals surface area contributed by atoms with Crippen molar-refractivity contribution < 1.29 is 4.79 Å². The Morgan fingerprint density at radius 1 is 1.15 bits per heavy atom. The maximum Gasteiger partial charge on any atom is 0.228 e. The summed E-state index contributed by atoms with van der Waals surface area (Å²) in [6, 6.07) is 16.3. The van der Waals surface area contributed by atoms with Crippen LogP contribution in [0.1, 0.15) is 23.1 Å². The van der Waals surface area contributed by atoms with Crippen LogP contribution in [0.4, 0.5) is 17.3 Å². The fourth-order valence-corrected chi connectivity index (χ4v) is 3.88. The van der Waals surface area contributed by atoms with Crippen molar-refractivity contribution in [2.45, 2.75) is 30.5 Å². The van der Waals surface area contributed by atoms with E-state index in [2.05, 4.69) is 38.8 Å². The summed E-state index contributed by atoms with van der Waals surface area (Å²) in [4.78, 5) is 20.6. The van der Waals surface area contributed by atoms with E-state index >= 15 is 0 Å². The molecule has 2 N–H and O–H groups in total. The highest BCUT2D eigenvalue weighted by Gasteiger charge is 2.15. The van der Waals surface area contributed by atoms with Crippen molar-refractivity contribution in [1.29, 1.82) is 0 Å². The van der Waals surface area contributed by atoms with Crippen molar-refractivity contribution >= 4 is 35.0 Å². The molecule has 2 heterocycles. The average molecular weight is 376 g/mol. The molecule has 1 aliphatic heterocycles. The van der Waals surface area contributed by atoms with Gasteiger partial charge in [-0.25, -0.2) is 9.97 Å². The lowest BCUT2D eigenvalue weighted by atomic mass is 10.0. The number of amides is 1. The molecule has 136 valence electrons. The van der Waals surface area contributed by atoms with Crippen LogP contribution in [0.3, 0.4) is 0 Å². The number of aromatic nitrogens is 2. The van der Waals surface area contributed by atoms with E-state index in [4.69, 9.17) is 0 Å². The first-order valence-electron chi connectivity index (χ1n) is 8.87. The zero-order valence-electron chi connectivity index (χ0n) is 15.0. The van der Waals surface area contributed by atoms with E-state index < -0.39 is 0 Å². The molecule has 0 spiro atoms. The van der Waals surface area contributed by atoms with Crippen LogP contribution >= 0.6 is 11.8 Å². The van der Waals surface area contributed by atoms with Crippen molar-refractivity contribution in [2.75, 3.05) is 10.6 Å². The summed E-state index contributed by atoms with van der Waals surface area (Å²) in [5.74, 6) is 1.53. The number of fused-ring (bicyclic) bond motifs is 1. The van der Waals surface area contributed by atoms with Crippen LogP contribution in [0.2, 0.25) is 0 Å². The smallest absolute Gasteiger partial charge is 0.228 e. The summed E-state index contributed by atoms with van der Waals surface area (Å²) in [5, 5.41) is 7.15. The van der Waals surface area contributed by atoms with Gasteiger partial charge in [-0.2, -0.15) is 0 Å². The molecule has 27 heavy (non-hydrogen) atoms. The number of hydrogen-bond acceptors (Lipinski definition) is 5. The number of nitrogens with one attached hydrogen (secondary N) is 2. The van der Waals surface area contributed by atoms with E-state index in [0.717, 1.165) is 39.7 Å². The maximum atomic E-state index is 11.5. The van der Waals surface area contributed by atoms with Gasteiger partial charge in [-0.3, -0.25) is 4.79 Å². The number of hydrogen-bond donors (Lipinski definition) is 2. The molecule has 0 saturated carbocycles. The van der Waals surface area contributed by atoms with Crippen molar-refractivity contribution in [2.24, 2.45) is 0 Å². The second-order valence-electron chi connectivity index (χ2n) is 6.50. The van der Waals surface area contributed by atoms with Crippen LogP contribution in [0, 0.1) is 6.92 Å². The Hall–Kier alpha value is -2.86. The number of rotatable bonds is 5. The molecule has 0 unspecified atom stereocenters. The van der Waals surface area contributed by atoms with Gasteiger partial charge in [0.25, 0.3) is 0 Å². The Morgan fingerprint density at radius 3 is 2.85 bits per heavy atom. The number of carbonyl (C=O) groups is 1. The van der Waals surface area contributed by atoms with Crippen LogP contribution < -0.4 is 10.6 Å². The van der Waals surface area contributed by atoms with E-state index in [1.807, 2.05) is 43.5 Å². The molecule has 0 fully saturated rings. The normalized spacial score (nSPS) is 13.0. The highest BCUT2D eigenvalue weighted by molar-refractivity contribution is 7.98. The standard InChI is InChI=1S/C21H20N4OS/c1-14-12-22-21(25-20(14)27-13-15-5-3-2-4-6-15)23-17-8-9-18-16(11-17)7-10-19(26)24-18/h2-6,8-9,11-12H,7,10,13H2,1H3,(H,24,26)(H,22,23,25). The number of aryl methyl sites for hydroxylation is 2. The van der Waals surface area contributed by atoms with Gasteiger partial charge in [0.15, 0.2) is 0 Å². The number of anilines is 3. The van der Waals surface area contributed by atoms with Crippen molar-refractivity contribution in [1.82, 2.24) is 9.97 Å². The largest absolute Gasteiger partial charge is 0.326 e. The summed E-state index contributed by atoms with van der Waals surface area (Å²) in [5.41, 5.74) is 5.28. The van der Waals surface area contributed by atoms with Gasteiger partial charge in [0.05, 0.1) is 0 Å². The minimum absolute atomic E-state index is 0.0742. The highest BCUT2D eigenvalue weighted by Crippen LogP contribution is 2.28. The first-order valence-corrected chi connectivity index (χ1v) is 9.86. The van der Waals surface area contributed by atoms with Crippen LogP contribution in [0.5, 0.6) is 0 Å². The van der Waals surface area contributed by atoms with Gasteiger partial charge in [-0.1, -0.05) is 30.3 Å². The molecule has 0 saturated heterocycles. The highest BCUT2D eigenvalue weighted by atomic mass is 32.2. The predicted octanol–water partition coefficient (Wildman–Crippen LogP) is 4.71. The van der Waals surface area contributed by atoms with Gasteiger partial charge in [0.2, 0.25) is 11.9 Å². The molecule has 4 rings (SSSR count). The summed E-state index contributed by atoms with van der Waals surface area (Å²) >= 11 is 1.71. The second-order valence-corrected chi connectivity index (χ2v) is 7.47. The number of carbonyl (C=O) groups excluding carboxylic acids is 1. The van der Waals surface area contributed by atoms with E-state index in [-0.39, 0.29) is 5.91 Å². The molecule has 3 aromatic rings. The monoisotopic (exact) mass is 376 g/mol. The molecule has 0 radical (unpaired) electrons. The third-order valence-corrected chi connectivity index (χ3v) is 5.56. The summed E-state index contributed by atoms with van der Waals surface area (Å²) in [7, 11) is 0.